The van der Waals surface area contributed by atoms with Gasteiger partial charge in [0.2, 0.25) is 0 Å². The van der Waals surface area contributed by atoms with E-state index in [2.05, 4.69) is 29.2 Å². The van der Waals surface area contributed by atoms with Crippen LogP contribution in [0.5, 0.6) is 0 Å². The molecule has 0 saturated carbocycles. The van der Waals surface area contributed by atoms with Gasteiger partial charge in [0.1, 0.15) is 0 Å². The summed E-state index contributed by atoms with van der Waals surface area (Å²) in [6, 6.07) is 10.4. The molecule has 2 rings (SSSR count). The van der Waals surface area contributed by atoms with Gasteiger partial charge in [-0.1, -0.05) is 43.9 Å². The Morgan fingerprint density at radius 2 is 1.58 bits per heavy atom. The molecule has 0 N–H and O–H groups in total. The zero-order chi connectivity index (χ0) is 17.4. The summed E-state index contributed by atoms with van der Waals surface area (Å²) in [7, 11) is -2.86. The second kappa shape index (κ2) is 9.16. The fraction of sp³-hybridized carbons (Fsp3) is 0.550. The van der Waals surface area contributed by atoms with Gasteiger partial charge in [0.15, 0.2) is 9.84 Å². The van der Waals surface area contributed by atoms with Crippen molar-refractivity contribution in [2.75, 3.05) is 5.75 Å². The molecule has 0 bridgehead atoms. The van der Waals surface area contributed by atoms with E-state index in [1.165, 1.54) is 30.2 Å². The van der Waals surface area contributed by atoms with E-state index >= 15 is 0 Å². The molecule has 2 aromatic rings. The third-order valence-corrected chi connectivity index (χ3v) is 6.88. The highest BCUT2D eigenvalue weighted by atomic mass is 32.2. The number of pyridine rings is 1. The van der Waals surface area contributed by atoms with Crippen LogP contribution in [0, 0.1) is 0 Å². The lowest BCUT2D eigenvalue weighted by Gasteiger charge is -2.07. The zero-order valence-electron chi connectivity index (χ0n) is 14.9. The van der Waals surface area contributed by atoms with Crippen LogP contribution in [0.15, 0.2) is 36.5 Å². The lowest BCUT2D eigenvalue weighted by atomic mass is 10.0. The third kappa shape index (κ3) is 5.59. The summed E-state index contributed by atoms with van der Waals surface area (Å²) in [6.45, 7) is 3.52. The molecule has 0 aliphatic rings. The van der Waals surface area contributed by atoms with Crippen molar-refractivity contribution in [3.63, 3.8) is 0 Å². The van der Waals surface area contributed by atoms with Crippen molar-refractivity contribution in [1.82, 2.24) is 4.98 Å². The molecule has 0 atom stereocenters. The molecule has 1 aromatic heterocycles. The molecule has 0 aliphatic heterocycles. The van der Waals surface area contributed by atoms with Gasteiger partial charge in [0.25, 0.3) is 0 Å². The van der Waals surface area contributed by atoms with E-state index < -0.39 is 9.84 Å². The smallest absolute Gasteiger partial charge is 0.152 e. The molecule has 132 valence electrons. The molecule has 0 unspecified atom stereocenters. The normalized spacial score (nSPS) is 12.1. The number of unbranched alkanes of at least 4 members (excludes halogenated alkanes) is 5. The van der Waals surface area contributed by atoms with Crippen LogP contribution in [0.3, 0.4) is 0 Å². The first-order valence-corrected chi connectivity index (χ1v) is 10.8. The van der Waals surface area contributed by atoms with E-state index in [1.54, 1.807) is 13.8 Å². The van der Waals surface area contributed by atoms with E-state index in [4.69, 9.17) is 0 Å². The first-order valence-electron chi connectivity index (χ1n) is 9.05. The molecule has 0 saturated heterocycles. The monoisotopic (exact) mass is 347 g/mol. The van der Waals surface area contributed by atoms with E-state index in [1.807, 2.05) is 12.3 Å². The average molecular weight is 348 g/mol. The van der Waals surface area contributed by atoms with Gasteiger partial charge < -0.3 is 0 Å². The van der Waals surface area contributed by atoms with Crippen LogP contribution in [-0.4, -0.2) is 24.4 Å². The minimum atomic E-state index is -2.86. The molecular formula is C20H29NO2S. The average Bonchev–Trinajstić information content (AvgIpc) is 2.57. The maximum atomic E-state index is 11.7. The highest BCUT2D eigenvalue weighted by molar-refractivity contribution is 7.91. The Balaban J connectivity index is 1.63. The summed E-state index contributed by atoms with van der Waals surface area (Å²) in [5.74, 6) is 0.341. The molecule has 0 radical (unpaired) electrons. The highest BCUT2D eigenvalue weighted by Gasteiger charge is 2.14. The quantitative estimate of drug-likeness (QED) is 0.572. The Hall–Kier alpha value is -1.42. The first-order chi connectivity index (χ1) is 11.5. The molecule has 0 amide bonds. The number of hydrogen-bond acceptors (Lipinski definition) is 3. The maximum Gasteiger partial charge on any atom is 0.152 e. The number of aryl methyl sites for hydroxylation is 1. The Morgan fingerprint density at radius 1 is 0.917 bits per heavy atom. The molecule has 0 fully saturated rings. The van der Waals surface area contributed by atoms with E-state index in [0.29, 0.717) is 5.75 Å². The van der Waals surface area contributed by atoms with Crippen molar-refractivity contribution in [2.45, 2.75) is 64.0 Å². The fourth-order valence-electron chi connectivity index (χ4n) is 2.93. The minimum Gasteiger partial charge on any atom is -0.256 e. The summed E-state index contributed by atoms with van der Waals surface area (Å²) in [4.78, 5) is 4.40. The number of hydrogen-bond donors (Lipinski definition) is 0. The van der Waals surface area contributed by atoms with Gasteiger partial charge in [0, 0.05) is 11.6 Å². The van der Waals surface area contributed by atoms with Crippen molar-refractivity contribution in [2.24, 2.45) is 0 Å². The van der Waals surface area contributed by atoms with Crippen molar-refractivity contribution in [3.8, 4) is 0 Å². The number of rotatable bonds is 10. The third-order valence-electron chi connectivity index (χ3n) is 4.58. The predicted octanol–water partition coefficient (Wildman–Crippen LogP) is 4.94. The summed E-state index contributed by atoms with van der Waals surface area (Å²) < 4.78 is 23.4. The van der Waals surface area contributed by atoms with Crippen LogP contribution in [0.4, 0.5) is 0 Å². The maximum absolute atomic E-state index is 11.7. The van der Waals surface area contributed by atoms with Crippen LogP contribution in [0.25, 0.3) is 10.9 Å². The molecule has 4 heteroatoms. The Kier molecular flexibility index (Phi) is 7.22. The van der Waals surface area contributed by atoms with E-state index in [0.717, 1.165) is 31.2 Å². The van der Waals surface area contributed by atoms with E-state index in [-0.39, 0.29) is 5.25 Å². The largest absolute Gasteiger partial charge is 0.256 e. The van der Waals surface area contributed by atoms with Gasteiger partial charge in [-0.05, 0) is 50.8 Å². The Morgan fingerprint density at radius 3 is 2.33 bits per heavy atom. The second-order valence-corrected chi connectivity index (χ2v) is 9.45. The van der Waals surface area contributed by atoms with Gasteiger partial charge in [0.05, 0.1) is 16.5 Å². The molecule has 1 heterocycles. The van der Waals surface area contributed by atoms with E-state index in [9.17, 15) is 8.42 Å². The number of nitrogens with zero attached hydrogens (tertiary/aromatic N) is 1. The summed E-state index contributed by atoms with van der Waals surface area (Å²) in [5, 5.41) is 1.02. The standard InChI is InChI=1S/C20H29NO2S/c1-17(2)24(22,23)16-10-6-4-3-5-7-11-18-14-15-21-20-13-9-8-12-19(18)20/h8-9,12-15,17H,3-7,10-11,16H2,1-2H3. The zero-order valence-corrected chi connectivity index (χ0v) is 15.7. The van der Waals surface area contributed by atoms with Crippen molar-refractivity contribution in [1.29, 1.82) is 0 Å². The van der Waals surface area contributed by atoms with Gasteiger partial charge in [-0.25, -0.2) is 8.42 Å². The minimum absolute atomic E-state index is 0.243. The molecule has 3 nitrogen and oxygen atoms in total. The van der Waals surface area contributed by atoms with Crippen molar-refractivity contribution >= 4 is 20.7 Å². The van der Waals surface area contributed by atoms with Gasteiger partial charge in [-0.15, -0.1) is 0 Å². The summed E-state index contributed by atoms with van der Waals surface area (Å²) in [6.07, 6.45) is 9.50. The van der Waals surface area contributed by atoms with Gasteiger partial charge in [-0.2, -0.15) is 0 Å². The lowest BCUT2D eigenvalue weighted by Crippen LogP contribution is -2.17. The number of benzene rings is 1. The highest BCUT2D eigenvalue weighted by Crippen LogP contribution is 2.19. The second-order valence-electron chi connectivity index (χ2n) is 6.77. The predicted molar refractivity (Wildman–Crippen MR) is 102 cm³/mol. The lowest BCUT2D eigenvalue weighted by molar-refractivity contribution is 0.574. The Labute approximate surface area is 146 Å². The van der Waals surface area contributed by atoms with Crippen LogP contribution < -0.4 is 0 Å². The molecule has 1 aromatic carbocycles. The van der Waals surface area contributed by atoms with Crippen LogP contribution in [0.1, 0.15) is 57.9 Å². The molecule has 0 spiro atoms. The first kappa shape index (κ1) is 18.9. The van der Waals surface area contributed by atoms with Crippen LogP contribution in [-0.2, 0) is 16.3 Å². The van der Waals surface area contributed by atoms with Crippen LogP contribution in [0.2, 0.25) is 0 Å². The molecule has 24 heavy (non-hydrogen) atoms. The number of sulfone groups is 1. The van der Waals surface area contributed by atoms with Crippen molar-refractivity contribution in [3.05, 3.63) is 42.1 Å². The fourth-order valence-corrected chi connectivity index (χ4v) is 4.01. The molecular weight excluding hydrogens is 318 g/mol. The SMILES string of the molecule is CC(C)S(=O)(=O)CCCCCCCCc1ccnc2ccccc12. The summed E-state index contributed by atoms with van der Waals surface area (Å²) >= 11 is 0. The number of fused-ring (bicyclic) bond motifs is 1. The van der Waals surface area contributed by atoms with Gasteiger partial charge in [-0.3, -0.25) is 4.98 Å². The topological polar surface area (TPSA) is 47.0 Å². The van der Waals surface area contributed by atoms with Crippen molar-refractivity contribution < 1.29 is 8.42 Å². The number of para-hydroxylation sites is 1. The molecule has 0 aliphatic carbocycles. The Bertz CT molecular complexity index is 733. The number of aromatic nitrogens is 1. The van der Waals surface area contributed by atoms with Crippen LogP contribution >= 0.6 is 0 Å². The van der Waals surface area contributed by atoms with Gasteiger partial charge >= 0.3 is 0 Å². The summed E-state index contributed by atoms with van der Waals surface area (Å²) in [5.41, 5.74) is 2.45.